The maximum atomic E-state index is 8.48. The number of rotatable bonds is 5. The van der Waals surface area contributed by atoms with E-state index in [9.17, 15) is 0 Å². The summed E-state index contributed by atoms with van der Waals surface area (Å²) >= 11 is 3.54. The van der Waals surface area contributed by atoms with Gasteiger partial charge in [-0.3, -0.25) is 10.1 Å². The van der Waals surface area contributed by atoms with Gasteiger partial charge in [0.15, 0.2) is 0 Å². The number of hydrogen-bond acceptors (Lipinski definition) is 9. The van der Waals surface area contributed by atoms with Gasteiger partial charge in [0.1, 0.15) is 12.1 Å². The van der Waals surface area contributed by atoms with Crippen LogP contribution in [0.1, 0.15) is 16.8 Å². The van der Waals surface area contributed by atoms with Gasteiger partial charge in [0.2, 0.25) is 0 Å². The fraction of sp³-hybridized carbons (Fsp3) is 0.333. The molecule has 1 aliphatic heterocycles. The quantitative estimate of drug-likeness (QED) is 0.301. The number of nitrogens with two attached hydrogens (primary N) is 1. The molecule has 2 aromatic rings. The van der Waals surface area contributed by atoms with E-state index in [2.05, 4.69) is 32.4 Å². The van der Waals surface area contributed by atoms with E-state index < -0.39 is 0 Å². The number of nitrogens with zero attached hydrogens (tertiary/aromatic N) is 3. The topological polar surface area (TPSA) is 124 Å². The Kier molecular flexibility index (Phi) is 8.18. The van der Waals surface area contributed by atoms with Gasteiger partial charge in [-0.1, -0.05) is 18.9 Å². The van der Waals surface area contributed by atoms with Gasteiger partial charge in [0.05, 0.1) is 24.6 Å². The summed E-state index contributed by atoms with van der Waals surface area (Å²) in [5, 5.41) is 15.7. The summed E-state index contributed by atoms with van der Waals surface area (Å²) in [6.07, 6.45) is 3.33. The predicted octanol–water partition coefficient (Wildman–Crippen LogP) is 1.55. The zero-order valence-electron chi connectivity index (χ0n) is 15.3. The molecule has 1 aliphatic rings. The van der Waals surface area contributed by atoms with E-state index in [1.54, 1.807) is 13.1 Å². The first-order valence-electron chi connectivity index (χ1n) is 8.53. The Morgan fingerprint density at radius 3 is 2.70 bits per heavy atom. The second-order valence-corrected chi connectivity index (χ2v) is 6.24. The Bertz CT molecular complexity index is 778. The zero-order chi connectivity index (χ0) is 19.6. The fourth-order valence-electron chi connectivity index (χ4n) is 2.65. The molecular weight excluding hydrogens is 362 g/mol. The van der Waals surface area contributed by atoms with Crippen LogP contribution in [0.4, 0.5) is 11.5 Å². The summed E-state index contributed by atoms with van der Waals surface area (Å²) in [5.74, 6) is 0.794. The summed E-state index contributed by atoms with van der Waals surface area (Å²) in [7, 11) is 1.74. The van der Waals surface area contributed by atoms with Gasteiger partial charge >= 0.3 is 0 Å². The lowest BCUT2D eigenvalue weighted by Gasteiger charge is -2.27. The van der Waals surface area contributed by atoms with Crippen LogP contribution in [0.25, 0.3) is 0 Å². The standard InChI is InChI=1S/C17H20N6O.CH5NS/c18-4-3-12-1-2-14(19)13(9-12)17(20)15-10-16(22-11-21-15)23-5-7-24-8-6-23;1-2-3/h1-2,4,9-11,18,20H,3,5-8,19H2;2-3H,1H3. The molecule has 1 aromatic carbocycles. The summed E-state index contributed by atoms with van der Waals surface area (Å²) in [6, 6.07) is 7.30. The monoisotopic (exact) mass is 387 g/mol. The number of morpholine rings is 1. The highest BCUT2D eigenvalue weighted by atomic mass is 32.1. The van der Waals surface area contributed by atoms with Crippen molar-refractivity contribution in [2.45, 2.75) is 6.42 Å². The normalized spacial score (nSPS) is 13.5. The van der Waals surface area contributed by atoms with Crippen LogP contribution in [0.2, 0.25) is 0 Å². The number of thiol groups is 1. The van der Waals surface area contributed by atoms with Crippen molar-refractivity contribution in [2.75, 3.05) is 44.0 Å². The van der Waals surface area contributed by atoms with Gasteiger partial charge in [-0.15, -0.1) is 0 Å². The van der Waals surface area contributed by atoms with Crippen LogP contribution < -0.4 is 15.4 Å². The fourth-order valence-corrected chi connectivity index (χ4v) is 2.65. The lowest BCUT2D eigenvalue weighted by molar-refractivity contribution is 0.122. The first-order valence-corrected chi connectivity index (χ1v) is 8.97. The molecule has 1 aromatic heterocycles. The molecule has 1 saturated heterocycles. The van der Waals surface area contributed by atoms with Crippen molar-refractivity contribution in [1.29, 1.82) is 10.8 Å². The minimum Gasteiger partial charge on any atom is -0.398 e. The van der Waals surface area contributed by atoms with Gasteiger partial charge in [-0.05, 0) is 31.0 Å². The van der Waals surface area contributed by atoms with Crippen LogP contribution in [0.5, 0.6) is 0 Å². The van der Waals surface area contributed by atoms with E-state index in [0.29, 0.717) is 36.6 Å². The molecule has 2 heterocycles. The van der Waals surface area contributed by atoms with Crippen molar-refractivity contribution < 1.29 is 4.74 Å². The minimum atomic E-state index is 0.260. The number of nitrogen functional groups attached to an aromatic ring is 1. The van der Waals surface area contributed by atoms with Crippen LogP contribution in [-0.2, 0) is 11.2 Å². The number of anilines is 2. The van der Waals surface area contributed by atoms with E-state index in [0.717, 1.165) is 24.5 Å². The van der Waals surface area contributed by atoms with Crippen molar-refractivity contribution in [3.8, 4) is 0 Å². The van der Waals surface area contributed by atoms with Crippen molar-refractivity contribution in [2.24, 2.45) is 0 Å². The van der Waals surface area contributed by atoms with Gasteiger partial charge in [-0.2, -0.15) is 0 Å². The first-order chi connectivity index (χ1) is 13.1. The van der Waals surface area contributed by atoms with Crippen molar-refractivity contribution in [3.63, 3.8) is 0 Å². The molecule has 27 heavy (non-hydrogen) atoms. The Morgan fingerprint density at radius 1 is 1.33 bits per heavy atom. The van der Waals surface area contributed by atoms with Crippen molar-refractivity contribution in [3.05, 3.63) is 47.4 Å². The Balaban J connectivity index is 0.000000817. The molecule has 0 radical (unpaired) electrons. The van der Waals surface area contributed by atoms with E-state index in [1.165, 1.54) is 12.5 Å². The molecule has 0 spiro atoms. The second-order valence-electron chi connectivity index (χ2n) is 5.79. The van der Waals surface area contributed by atoms with E-state index in [-0.39, 0.29) is 5.71 Å². The molecule has 0 aliphatic carbocycles. The molecule has 0 amide bonds. The lowest BCUT2D eigenvalue weighted by atomic mass is 10.0. The predicted molar refractivity (Wildman–Crippen MR) is 112 cm³/mol. The van der Waals surface area contributed by atoms with Gasteiger partial charge < -0.3 is 20.8 Å². The Hall–Kier alpha value is -2.49. The SMILES string of the molecule is CNS.N=CCc1ccc(N)c(C(=N)c2cc(N3CCOCC3)ncn2)c1. The molecular formula is C18H25N7OS. The van der Waals surface area contributed by atoms with E-state index in [4.69, 9.17) is 21.3 Å². The van der Waals surface area contributed by atoms with E-state index in [1.807, 2.05) is 18.2 Å². The number of ether oxygens (including phenoxy) is 1. The average Bonchev–Trinajstić information content (AvgIpc) is 2.70. The number of aromatic nitrogens is 2. The third-order valence-electron chi connectivity index (χ3n) is 3.97. The maximum absolute atomic E-state index is 8.48. The summed E-state index contributed by atoms with van der Waals surface area (Å²) in [4.78, 5) is 10.7. The summed E-state index contributed by atoms with van der Waals surface area (Å²) in [5.41, 5.74) is 8.93. The van der Waals surface area contributed by atoms with Crippen LogP contribution in [0, 0.1) is 10.8 Å². The highest BCUT2D eigenvalue weighted by Crippen LogP contribution is 2.20. The summed E-state index contributed by atoms with van der Waals surface area (Å²) in [6.45, 7) is 2.91. The molecule has 0 unspecified atom stereocenters. The highest BCUT2D eigenvalue weighted by molar-refractivity contribution is 7.78. The third-order valence-corrected chi connectivity index (χ3v) is 3.97. The van der Waals surface area contributed by atoms with Crippen LogP contribution in [0.3, 0.4) is 0 Å². The average molecular weight is 388 g/mol. The van der Waals surface area contributed by atoms with Gasteiger partial charge in [-0.25, -0.2) is 9.97 Å². The maximum Gasteiger partial charge on any atom is 0.132 e. The van der Waals surface area contributed by atoms with Gasteiger partial charge in [0, 0.05) is 36.8 Å². The second kappa shape index (κ2) is 10.6. The minimum absolute atomic E-state index is 0.260. The summed E-state index contributed by atoms with van der Waals surface area (Å²) < 4.78 is 7.80. The Labute approximate surface area is 164 Å². The van der Waals surface area contributed by atoms with E-state index >= 15 is 0 Å². The van der Waals surface area contributed by atoms with Crippen molar-refractivity contribution in [1.82, 2.24) is 14.7 Å². The molecule has 0 bridgehead atoms. The lowest BCUT2D eigenvalue weighted by Crippen LogP contribution is -2.36. The smallest absolute Gasteiger partial charge is 0.132 e. The molecule has 3 rings (SSSR count). The first kappa shape index (κ1) is 20.8. The largest absolute Gasteiger partial charge is 0.398 e. The number of hydrogen-bond donors (Lipinski definition) is 5. The van der Waals surface area contributed by atoms with Crippen LogP contribution in [-0.4, -0.2) is 55.2 Å². The zero-order valence-corrected chi connectivity index (χ0v) is 16.2. The highest BCUT2D eigenvalue weighted by Gasteiger charge is 2.16. The van der Waals surface area contributed by atoms with Crippen LogP contribution >= 0.6 is 12.8 Å². The molecule has 8 nitrogen and oxygen atoms in total. The number of nitrogens with one attached hydrogen (secondary N) is 3. The molecule has 1 fully saturated rings. The Morgan fingerprint density at radius 2 is 2.04 bits per heavy atom. The molecule has 9 heteroatoms. The molecule has 144 valence electrons. The molecule has 0 atom stereocenters. The third kappa shape index (κ3) is 5.75. The van der Waals surface area contributed by atoms with Gasteiger partial charge in [0.25, 0.3) is 0 Å². The van der Waals surface area contributed by atoms with Crippen molar-refractivity contribution >= 4 is 36.2 Å². The molecule has 0 saturated carbocycles. The molecule has 5 N–H and O–H groups in total. The number of benzene rings is 1. The van der Waals surface area contributed by atoms with Crippen LogP contribution in [0.15, 0.2) is 30.6 Å².